The Hall–Kier alpha value is -0.330. The highest BCUT2D eigenvalue weighted by molar-refractivity contribution is 14.1. The molecule has 100 valence electrons. The molecule has 0 aromatic heterocycles. The second-order valence-electron chi connectivity index (χ2n) is 4.37. The minimum Gasteiger partial charge on any atom is -0.339 e. The number of carbonyl (C=O) groups is 1. The van der Waals surface area contributed by atoms with Crippen LogP contribution >= 0.6 is 35.0 Å². The van der Waals surface area contributed by atoms with Gasteiger partial charge >= 0.3 is 0 Å². The highest BCUT2D eigenvalue weighted by atomic mass is 127. The maximum absolute atomic E-state index is 12.2. The van der Waals surface area contributed by atoms with Crippen molar-refractivity contribution in [2.45, 2.75) is 18.9 Å². The minimum atomic E-state index is 0. The average molecular weight is 381 g/mol. The number of rotatable bonds is 2. The predicted octanol–water partition coefficient (Wildman–Crippen LogP) is 2.54. The van der Waals surface area contributed by atoms with E-state index in [9.17, 15) is 4.79 Å². The van der Waals surface area contributed by atoms with Crippen molar-refractivity contribution in [2.24, 2.45) is 0 Å². The fraction of sp³-hybridized carbons (Fsp3) is 0.462. The molecule has 1 N–H and O–H groups in total. The number of hydrogen-bond acceptors (Lipinski definition) is 2. The third-order valence-electron chi connectivity index (χ3n) is 3.26. The van der Waals surface area contributed by atoms with E-state index in [-0.39, 0.29) is 18.3 Å². The maximum Gasteiger partial charge on any atom is 0.253 e. The number of carbonyl (C=O) groups excluding carboxylic acids is 1. The second kappa shape index (κ2) is 7.31. The SMILES string of the molecule is CNC1CCN(C(=O)c2cccc(I)c2)CC1.Cl. The Morgan fingerprint density at radius 1 is 1.39 bits per heavy atom. The molecular formula is C13H18ClIN2O. The largest absolute Gasteiger partial charge is 0.339 e. The van der Waals surface area contributed by atoms with Gasteiger partial charge in [0, 0.05) is 28.3 Å². The first-order valence-corrected chi connectivity index (χ1v) is 7.00. The van der Waals surface area contributed by atoms with Crippen LogP contribution in [-0.4, -0.2) is 37.0 Å². The summed E-state index contributed by atoms with van der Waals surface area (Å²) in [6.07, 6.45) is 2.10. The van der Waals surface area contributed by atoms with E-state index in [0.717, 1.165) is 35.1 Å². The molecule has 2 rings (SSSR count). The van der Waals surface area contributed by atoms with Crippen LogP contribution in [-0.2, 0) is 0 Å². The van der Waals surface area contributed by atoms with Gasteiger partial charge in [-0.1, -0.05) is 6.07 Å². The lowest BCUT2D eigenvalue weighted by molar-refractivity contribution is 0.0707. The van der Waals surface area contributed by atoms with Crippen molar-refractivity contribution >= 4 is 40.9 Å². The molecule has 1 heterocycles. The number of nitrogens with one attached hydrogen (secondary N) is 1. The summed E-state index contributed by atoms with van der Waals surface area (Å²) in [6, 6.07) is 8.36. The first-order valence-electron chi connectivity index (χ1n) is 5.93. The molecule has 1 saturated heterocycles. The number of nitrogens with zero attached hydrogens (tertiary/aromatic N) is 1. The molecule has 1 amide bonds. The molecule has 0 bridgehead atoms. The van der Waals surface area contributed by atoms with E-state index in [2.05, 4.69) is 27.9 Å². The zero-order valence-corrected chi connectivity index (χ0v) is 13.3. The molecule has 1 aliphatic rings. The van der Waals surface area contributed by atoms with E-state index in [0.29, 0.717) is 6.04 Å². The molecule has 0 spiro atoms. The molecule has 0 saturated carbocycles. The smallest absolute Gasteiger partial charge is 0.253 e. The summed E-state index contributed by atoms with van der Waals surface area (Å²) in [5.74, 6) is 0.165. The van der Waals surface area contributed by atoms with E-state index in [1.165, 1.54) is 0 Å². The second-order valence-corrected chi connectivity index (χ2v) is 5.61. The summed E-state index contributed by atoms with van der Waals surface area (Å²) < 4.78 is 1.11. The van der Waals surface area contributed by atoms with Crippen LogP contribution in [0.15, 0.2) is 24.3 Å². The van der Waals surface area contributed by atoms with Crippen molar-refractivity contribution < 1.29 is 4.79 Å². The summed E-state index contributed by atoms with van der Waals surface area (Å²) in [6.45, 7) is 1.71. The van der Waals surface area contributed by atoms with E-state index in [1.807, 2.05) is 36.2 Å². The van der Waals surface area contributed by atoms with Crippen LogP contribution in [0.1, 0.15) is 23.2 Å². The first-order chi connectivity index (χ1) is 8.20. The van der Waals surface area contributed by atoms with Crippen LogP contribution < -0.4 is 5.32 Å². The van der Waals surface area contributed by atoms with Gasteiger partial charge < -0.3 is 10.2 Å². The molecule has 1 aromatic rings. The van der Waals surface area contributed by atoms with E-state index < -0.39 is 0 Å². The number of halogens is 2. The van der Waals surface area contributed by atoms with Gasteiger partial charge in [0.05, 0.1) is 0 Å². The lowest BCUT2D eigenvalue weighted by Gasteiger charge is -2.31. The molecule has 0 unspecified atom stereocenters. The van der Waals surface area contributed by atoms with Crippen LogP contribution in [0.5, 0.6) is 0 Å². The van der Waals surface area contributed by atoms with Gasteiger partial charge in [0.1, 0.15) is 0 Å². The molecule has 0 radical (unpaired) electrons. The monoisotopic (exact) mass is 380 g/mol. The predicted molar refractivity (Wildman–Crippen MR) is 84.4 cm³/mol. The average Bonchev–Trinajstić information content (AvgIpc) is 2.38. The highest BCUT2D eigenvalue weighted by Crippen LogP contribution is 2.15. The van der Waals surface area contributed by atoms with Gasteiger partial charge in [0.2, 0.25) is 0 Å². The number of likely N-dealkylation sites (tertiary alicyclic amines) is 1. The van der Waals surface area contributed by atoms with Crippen LogP contribution in [0.25, 0.3) is 0 Å². The lowest BCUT2D eigenvalue weighted by Crippen LogP contribution is -2.43. The van der Waals surface area contributed by atoms with E-state index in [1.54, 1.807) is 0 Å². The van der Waals surface area contributed by atoms with Crippen LogP contribution in [0.4, 0.5) is 0 Å². The van der Waals surface area contributed by atoms with Gasteiger partial charge in [-0.15, -0.1) is 12.4 Å². The van der Waals surface area contributed by atoms with Crippen molar-refractivity contribution in [3.63, 3.8) is 0 Å². The standard InChI is InChI=1S/C13H17IN2O.ClH/c1-15-12-5-7-16(8-6-12)13(17)10-3-2-4-11(14)9-10;/h2-4,9,12,15H,5-8H2,1H3;1H. The summed E-state index contributed by atoms with van der Waals surface area (Å²) in [5, 5.41) is 3.27. The van der Waals surface area contributed by atoms with Crippen LogP contribution in [0.2, 0.25) is 0 Å². The maximum atomic E-state index is 12.2. The third-order valence-corrected chi connectivity index (χ3v) is 3.93. The zero-order chi connectivity index (χ0) is 12.3. The molecule has 1 fully saturated rings. The number of hydrogen-bond donors (Lipinski definition) is 1. The molecule has 0 atom stereocenters. The van der Waals surface area contributed by atoms with Gasteiger partial charge in [-0.2, -0.15) is 0 Å². The first kappa shape index (κ1) is 15.7. The lowest BCUT2D eigenvalue weighted by atomic mass is 10.0. The van der Waals surface area contributed by atoms with Gasteiger partial charge in [0.25, 0.3) is 5.91 Å². The Balaban J connectivity index is 0.00000162. The Kier molecular flexibility index (Phi) is 6.38. The van der Waals surface area contributed by atoms with Crippen LogP contribution in [0.3, 0.4) is 0 Å². The third kappa shape index (κ3) is 3.83. The van der Waals surface area contributed by atoms with E-state index >= 15 is 0 Å². The van der Waals surface area contributed by atoms with E-state index in [4.69, 9.17) is 0 Å². The van der Waals surface area contributed by atoms with Crippen molar-refractivity contribution in [2.75, 3.05) is 20.1 Å². The van der Waals surface area contributed by atoms with Gasteiger partial charge in [-0.3, -0.25) is 4.79 Å². The highest BCUT2D eigenvalue weighted by Gasteiger charge is 2.22. The Labute approximate surface area is 128 Å². The van der Waals surface area contributed by atoms with Crippen LogP contribution in [0, 0.1) is 3.57 Å². The van der Waals surface area contributed by atoms with Crippen molar-refractivity contribution in [1.29, 1.82) is 0 Å². The number of piperidine rings is 1. The molecule has 1 aromatic carbocycles. The fourth-order valence-electron chi connectivity index (χ4n) is 2.18. The summed E-state index contributed by atoms with van der Waals surface area (Å²) in [7, 11) is 1.99. The number of amides is 1. The summed E-state index contributed by atoms with van der Waals surface area (Å²) in [4.78, 5) is 14.2. The Morgan fingerprint density at radius 2 is 2.06 bits per heavy atom. The van der Waals surface area contributed by atoms with Crippen molar-refractivity contribution in [1.82, 2.24) is 10.2 Å². The molecule has 5 heteroatoms. The fourth-order valence-corrected chi connectivity index (χ4v) is 2.72. The van der Waals surface area contributed by atoms with Gasteiger partial charge in [-0.05, 0) is 60.7 Å². The van der Waals surface area contributed by atoms with Gasteiger partial charge in [-0.25, -0.2) is 0 Å². The zero-order valence-electron chi connectivity index (χ0n) is 10.4. The Morgan fingerprint density at radius 3 is 2.61 bits per heavy atom. The van der Waals surface area contributed by atoms with Gasteiger partial charge in [0.15, 0.2) is 0 Å². The normalized spacial score (nSPS) is 16.2. The molecule has 1 aliphatic heterocycles. The summed E-state index contributed by atoms with van der Waals surface area (Å²) >= 11 is 2.24. The summed E-state index contributed by atoms with van der Waals surface area (Å²) in [5.41, 5.74) is 0.805. The van der Waals surface area contributed by atoms with Crippen molar-refractivity contribution in [3.05, 3.63) is 33.4 Å². The molecule has 0 aliphatic carbocycles. The molecule has 18 heavy (non-hydrogen) atoms. The van der Waals surface area contributed by atoms with Crippen molar-refractivity contribution in [3.8, 4) is 0 Å². The quantitative estimate of drug-likeness (QED) is 0.800. The topological polar surface area (TPSA) is 32.3 Å². The minimum absolute atomic E-state index is 0. The molecule has 3 nitrogen and oxygen atoms in total. The number of benzene rings is 1. The molecular weight excluding hydrogens is 363 g/mol. The Bertz CT molecular complexity index is 406.